The number of nitrogens with one attached hydrogen (secondary N) is 1. The molecule has 1 rings (SSSR count). The number of nitrogen functional groups attached to an aromatic ring is 1. The Morgan fingerprint density at radius 2 is 2.15 bits per heavy atom. The summed E-state index contributed by atoms with van der Waals surface area (Å²) in [5.41, 5.74) is 7.70. The molecule has 0 spiro atoms. The summed E-state index contributed by atoms with van der Waals surface area (Å²) in [5.74, 6) is -0.159. The molecule has 4 heteroatoms. The molecule has 0 fully saturated rings. The van der Waals surface area contributed by atoms with Crippen molar-refractivity contribution in [2.75, 3.05) is 12.8 Å². The van der Waals surface area contributed by atoms with Crippen molar-refractivity contribution in [3.8, 4) is 0 Å². The molecule has 1 aromatic rings. The minimum Gasteiger partial charge on any atom is -0.398 e. The molecule has 0 aliphatic heterocycles. The van der Waals surface area contributed by atoms with Crippen LogP contribution in [0.3, 0.4) is 0 Å². The molecule has 0 saturated carbocycles. The number of hydrogen-bond donors (Lipinski definition) is 2. The molecule has 0 unspecified atom stereocenters. The van der Waals surface area contributed by atoms with Crippen molar-refractivity contribution in [2.45, 2.75) is 6.92 Å². The summed E-state index contributed by atoms with van der Waals surface area (Å²) in [6.07, 6.45) is 0. The molecule has 1 amide bonds. The second-order valence-electron chi connectivity index (χ2n) is 2.71. The predicted molar refractivity (Wildman–Crippen MR) is 56.7 cm³/mol. The molecule has 1 aromatic carbocycles. The molecule has 13 heavy (non-hydrogen) atoms. The minimum absolute atomic E-state index is 0.159. The predicted octanol–water partition coefficient (Wildman–Crippen LogP) is 1.70. The van der Waals surface area contributed by atoms with Crippen LogP contribution in [0.2, 0.25) is 0 Å². The summed E-state index contributed by atoms with van der Waals surface area (Å²) in [7, 11) is 1.58. The molecule has 0 radical (unpaired) electrons. The quantitative estimate of drug-likeness (QED) is 0.737. The Morgan fingerprint density at radius 1 is 1.54 bits per heavy atom. The zero-order valence-electron chi connectivity index (χ0n) is 7.52. The van der Waals surface area contributed by atoms with Gasteiger partial charge in [0, 0.05) is 17.2 Å². The first-order chi connectivity index (χ1) is 6.07. The Morgan fingerprint density at radius 3 is 2.69 bits per heavy atom. The van der Waals surface area contributed by atoms with Crippen molar-refractivity contribution in [3.63, 3.8) is 0 Å². The van der Waals surface area contributed by atoms with Gasteiger partial charge in [-0.3, -0.25) is 4.79 Å². The number of carbonyl (C=O) groups excluding carboxylic acids is 1. The molecule has 0 saturated heterocycles. The standard InChI is InChI=1S/C9H11BrN2O/c1-5-7(10)4-3-6(8(5)11)9(13)12-2/h3-4H,11H2,1-2H3,(H,12,13). The average Bonchev–Trinajstić information content (AvgIpc) is 2.13. The van der Waals surface area contributed by atoms with Crippen molar-refractivity contribution in [1.29, 1.82) is 0 Å². The Labute approximate surface area is 85.4 Å². The Bertz CT molecular complexity index is 350. The highest BCUT2D eigenvalue weighted by molar-refractivity contribution is 9.10. The summed E-state index contributed by atoms with van der Waals surface area (Å²) in [5, 5.41) is 2.53. The van der Waals surface area contributed by atoms with Gasteiger partial charge in [0.25, 0.3) is 5.91 Å². The van der Waals surface area contributed by atoms with E-state index in [-0.39, 0.29) is 5.91 Å². The smallest absolute Gasteiger partial charge is 0.253 e. The number of hydrogen-bond acceptors (Lipinski definition) is 2. The average molecular weight is 243 g/mol. The van der Waals surface area contributed by atoms with Gasteiger partial charge in [0.05, 0.1) is 5.56 Å². The van der Waals surface area contributed by atoms with Crippen LogP contribution in [0.15, 0.2) is 16.6 Å². The van der Waals surface area contributed by atoms with Crippen LogP contribution in [0.1, 0.15) is 15.9 Å². The molecule has 0 aliphatic carbocycles. The fourth-order valence-corrected chi connectivity index (χ4v) is 1.38. The maximum absolute atomic E-state index is 11.3. The number of benzene rings is 1. The highest BCUT2D eigenvalue weighted by Crippen LogP contribution is 2.24. The fraction of sp³-hybridized carbons (Fsp3) is 0.222. The Balaban J connectivity index is 3.26. The van der Waals surface area contributed by atoms with E-state index in [4.69, 9.17) is 5.73 Å². The minimum atomic E-state index is -0.159. The molecule has 3 N–H and O–H groups in total. The van der Waals surface area contributed by atoms with E-state index in [0.717, 1.165) is 10.0 Å². The molecule has 0 heterocycles. The molecule has 70 valence electrons. The molecular formula is C9H11BrN2O. The number of nitrogens with two attached hydrogens (primary N) is 1. The number of amides is 1. The van der Waals surface area contributed by atoms with Crippen LogP contribution < -0.4 is 11.1 Å². The van der Waals surface area contributed by atoms with Gasteiger partial charge in [-0.15, -0.1) is 0 Å². The molecule has 0 bridgehead atoms. The zero-order valence-corrected chi connectivity index (χ0v) is 9.10. The zero-order chi connectivity index (χ0) is 10.0. The van der Waals surface area contributed by atoms with Gasteiger partial charge in [-0.1, -0.05) is 15.9 Å². The van der Waals surface area contributed by atoms with Gasteiger partial charge in [0.15, 0.2) is 0 Å². The maximum Gasteiger partial charge on any atom is 0.253 e. The lowest BCUT2D eigenvalue weighted by Gasteiger charge is -2.08. The molecule has 0 atom stereocenters. The van der Waals surface area contributed by atoms with E-state index in [1.807, 2.05) is 13.0 Å². The summed E-state index contributed by atoms with van der Waals surface area (Å²) < 4.78 is 0.914. The van der Waals surface area contributed by atoms with Crippen LogP contribution in [-0.2, 0) is 0 Å². The lowest BCUT2D eigenvalue weighted by Crippen LogP contribution is -2.19. The highest BCUT2D eigenvalue weighted by atomic mass is 79.9. The fourth-order valence-electron chi connectivity index (χ4n) is 1.03. The van der Waals surface area contributed by atoms with E-state index < -0.39 is 0 Å². The van der Waals surface area contributed by atoms with Gasteiger partial charge in [-0.2, -0.15) is 0 Å². The largest absolute Gasteiger partial charge is 0.398 e. The van der Waals surface area contributed by atoms with Gasteiger partial charge < -0.3 is 11.1 Å². The lowest BCUT2D eigenvalue weighted by molar-refractivity contribution is 0.0964. The summed E-state index contributed by atoms with van der Waals surface area (Å²) in [6, 6.07) is 3.52. The van der Waals surface area contributed by atoms with Crippen LogP contribution in [0.5, 0.6) is 0 Å². The maximum atomic E-state index is 11.3. The van der Waals surface area contributed by atoms with Crippen LogP contribution >= 0.6 is 15.9 Å². The van der Waals surface area contributed by atoms with Gasteiger partial charge in [-0.25, -0.2) is 0 Å². The van der Waals surface area contributed by atoms with E-state index >= 15 is 0 Å². The summed E-state index contributed by atoms with van der Waals surface area (Å²) in [6.45, 7) is 1.87. The van der Waals surface area contributed by atoms with Crippen molar-refractivity contribution < 1.29 is 4.79 Å². The summed E-state index contributed by atoms with van der Waals surface area (Å²) in [4.78, 5) is 11.3. The summed E-state index contributed by atoms with van der Waals surface area (Å²) >= 11 is 3.34. The SMILES string of the molecule is CNC(=O)c1ccc(Br)c(C)c1N. The number of rotatable bonds is 1. The van der Waals surface area contributed by atoms with Crippen LogP contribution in [0.25, 0.3) is 0 Å². The number of anilines is 1. The van der Waals surface area contributed by atoms with E-state index in [0.29, 0.717) is 11.3 Å². The molecule has 0 aliphatic rings. The van der Waals surface area contributed by atoms with Gasteiger partial charge in [0.1, 0.15) is 0 Å². The van der Waals surface area contributed by atoms with Crippen molar-refractivity contribution >= 4 is 27.5 Å². The third-order valence-electron chi connectivity index (χ3n) is 1.92. The number of carbonyl (C=O) groups is 1. The monoisotopic (exact) mass is 242 g/mol. The first-order valence-electron chi connectivity index (χ1n) is 3.84. The second kappa shape index (κ2) is 3.79. The van der Waals surface area contributed by atoms with E-state index in [1.165, 1.54) is 0 Å². The van der Waals surface area contributed by atoms with Crippen LogP contribution in [-0.4, -0.2) is 13.0 Å². The van der Waals surface area contributed by atoms with Gasteiger partial charge in [0.2, 0.25) is 0 Å². The molecule has 3 nitrogen and oxygen atoms in total. The van der Waals surface area contributed by atoms with Crippen molar-refractivity contribution in [3.05, 3.63) is 27.7 Å². The normalized spacial score (nSPS) is 9.77. The molecular weight excluding hydrogens is 232 g/mol. The first-order valence-corrected chi connectivity index (χ1v) is 4.64. The molecule has 0 aromatic heterocycles. The van der Waals surface area contributed by atoms with Gasteiger partial charge >= 0.3 is 0 Å². The lowest BCUT2D eigenvalue weighted by atomic mass is 10.1. The van der Waals surface area contributed by atoms with E-state index in [1.54, 1.807) is 13.1 Å². The third kappa shape index (κ3) is 1.83. The topological polar surface area (TPSA) is 55.1 Å². The number of halogens is 1. The Hall–Kier alpha value is -1.03. The van der Waals surface area contributed by atoms with Crippen molar-refractivity contribution in [1.82, 2.24) is 5.32 Å². The van der Waals surface area contributed by atoms with Crippen LogP contribution in [0, 0.1) is 6.92 Å². The van der Waals surface area contributed by atoms with Gasteiger partial charge in [-0.05, 0) is 24.6 Å². The van der Waals surface area contributed by atoms with Crippen LogP contribution in [0.4, 0.5) is 5.69 Å². The van der Waals surface area contributed by atoms with Crippen molar-refractivity contribution in [2.24, 2.45) is 0 Å². The highest BCUT2D eigenvalue weighted by Gasteiger charge is 2.10. The second-order valence-corrected chi connectivity index (χ2v) is 3.57. The third-order valence-corrected chi connectivity index (χ3v) is 2.78. The first kappa shape index (κ1) is 10.1. The van der Waals surface area contributed by atoms with E-state index in [9.17, 15) is 4.79 Å². The Kier molecular flexibility index (Phi) is 2.93. The van der Waals surface area contributed by atoms with E-state index in [2.05, 4.69) is 21.2 Å².